The number of para-hydroxylation sites is 2. The smallest absolute Gasteiger partial charge is 0.175 e. The third-order valence-corrected chi connectivity index (χ3v) is 1.63. The molecule has 4 heteroatoms. The molecule has 0 radical (unpaired) electrons. The molecule has 0 fully saturated rings. The van der Waals surface area contributed by atoms with E-state index in [9.17, 15) is 0 Å². The molecule has 2 nitrogen and oxygen atoms in total. The second-order valence-corrected chi connectivity index (χ2v) is 2.53. The van der Waals surface area contributed by atoms with E-state index in [1.807, 2.05) is 24.3 Å². The van der Waals surface area contributed by atoms with Crippen LogP contribution in [0, 0.1) is 4.77 Å². The van der Waals surface area contributed by atoms with E-state index in [-0.39, 0.29) is 27.3 Å². The Balaban J connectivity index is 0.000000605. The second kappa shape index (κ2) is 3.49. The van der Waals surface area contributed by atoms with Crippen LogP contribution in [0.1, 0.15) is 0 Å². The van der Waals surface area contributed by atoms with Gasteiger partial charge in [0.1, 0.15) is 0 Å². The summed E-state index contributed by atoms with van der Waals surface area (Å²) in [4.78, 5) is 6.04. The van der Waals surface area contributed by atoms with Gasteiger partial charge in [-0.05, 0) is 24.4 Å². The Labute approximate surface area is 89.2 Å². The quantitative estimate of drug-likeness (QED) is 0.554. The fraction of sp³-hybridized carbons (Fsp3) is 0. The van der Waals surface area contributed by atoms with Gasteiger partial charge in [0.15, 0.2) is 4.77 Å². The van der Waals surface area contributed by atoms with Gasteiger partial charge in [0.05, 0.1) is 11.0 Å². The number of nitrogens with one attached hydrogen (secondary N) is 2. The van der Waals surface area contributed by atoms with Gasteiger partial charge in [0.25, 0.3) is 0 Å². The Bertz CT molecular complexity index is 368. The van der Waals surface area contributed by atoms with Crippen molar-refractivity contribution in [1.29, 1.82) is 0 Å². The van der Waals surface area contributed by atoms with Crippen molar-refractivity contribution < 1.29 is 27.3 Å². The standard InChI is InChI=1S/C7H6N2S.Cd/c10-7-8-5-3-1-2-4-6(5)9-7;/h1-4H,(H2,8,9,10);. The third-order valence-electron chi connectivity index (χ3n) is 1.42. The molecule has 0 unspecified atom stereocenters. The Hall–Kier alpha value is -0.168. The molecule has 0 saturated heterocycles. The summed E-state index contributed by atoms with van der Waals surface area (Å²) in [6.45, 7) is 0. The molecule has 2 rings (SSSR count). The van der Waals surface area contributed by atoms with Crippen LogP contribution in [0.2, 0.25) is 0 Å². The average Bonchev–Trinajstić information content (AvgIpc) is 2.27. The first-order valence-corrected chi connectivity index (χ1v) is 3.44. The van der Waals surface area contributed by atoms with Crippen molar-refractivity contribution in [2.75, 3.05) is 0 Å². The van der Waals surface area contributed by atoms with Gasteiger partial charge in [0.2, 0.25) is 0 Å². The minimum Gasteiger partial charge on any atom is -0.331 e. The minimum atomic E-state index is 0. The molecular formula is C7H6CdN2S. The fourth-order valence-electron chi connectivity index (χ4n) is 0.977. The third kappa shape index (κ3) is 1.70. The Morgan fingerprint density at radius 2 is 1.45 bits per heavy atom. The number of fused-ring (bicyclic) bond motifs is 1. The first kappa shape index (κ1) is 8.92. The second-order valence-electron chi connectivity index (χ2n) is 2.12. The zero-order valence-electron chi connectivity index (χ0n) is 5.92. The number of hydrogen-bond donors (Lipinski definition) is 2. The molecule has 0 bridgehead atoms. The van der Waals surface area contributed by atoms with Gasteiger partial charge in [-0.3, -0.25) is 0 Å². The van der Waals surface area contributed by atoms with Crippen molar-refractivity contribution in [2.45, 2.75) is 0 Å². The number of benzene rings is 1. The predicted molar refractivity (Wildman–Crippen MR) is 43.5 cm³/mol. The topological polar surface area (TPSA) is 31.6 Å². The summed E-state index contributed by atoms with van der Waals surface area (Å²) in [5.41, 5.74) is 2.13. The van der Waals surface area contributed by atoms with E-state index in [0.717, 1.165) is 11.0 Å². The Morgan fingerprint density at radius 1 is 1.00 bits per heavy atom. The van der Waals surface area contributed by atoms with Crippen molar-refractivity contribution in [3.05, 3.63) is 29.0 Å². The van der Waals surface area contributed by atoms with E-state index < -0.39 is 0 Å². The molecule has 0 atom stereocenters. The minimum absolute atomic E-state index is 0. The molecule has 2 aromatic rings. The van der Waals surface area contributed by atoms with Crippen LogP contribution in [-0.4, -0.2) is 9.97 Å². The number of rotatable bonds is 0. The predicted octanol–water partition coefficient (Wildman–Crippen LogP) is 2.22. The number of hydrogen-bond acceptors (Lipinski definition) is 1. The molecule has 1 aromatic carbocycles. The van der Waals surface area contributed by atoms with Crippen molar-refractivity contribution in [3.63, 3.8) is 0 Å². The van der Waals surface area contributed by atoms with Gasteiger partial charge in [-0.1, -0.05) is 12.1 Å². The summed E-state index contributed by atoms with van der Waals surface area (Å²) in [6.07, 6.45) is 0. The number of H-pyrrole nitrogens is 2. The van der Waals surface area contributed by atoms with E-state index in [1.165, 1.54) is 0 Å². The summed E-state index contributed by atoms with van der Waals surface area (Å²) in [5.74, 6) is 0. The number of aromatic nitrogens is 2. The normalized spacial score (nSPS) is 9.45. The van der Waals surface area contributed by atoms with E-state index >= 15 is 0 Å². The van der Waals surface area contributed by atoms with Crippen LogP contribution in [0.4, 0.5) is 0 Å². The van der Waals surface area contributed by atoms with Crippen molar-refractivity contribution >= 4 is 23.3 Å². The molecule has 2 N–H and O–H groups in total. The van der Waals surface area contributed by atoms with Crippen molar-refractivity contribution in [1.82, 2.24) is 9.97 Å². The van der Waals surface area contributed by atoms with Crippen LogP contribution in [0.3, 0.4) is 0 Å². The van der Waals surface area contributed by atoms with Gasteiger partial charge in [0, 0.05) is 27.3 Å². The first-order chi connectivity index (χ1) is 4.86. The van der Waals surface area contributed by atoms with Gasteiger partial charge in [-0.15, -0.1) is 0 Å². The summed E-state index contributed by atoms with van der Waals surface area (Å²) in [6, 6.07) is 7.92. The molecule has 0 spiro atoms. The number of imidazole rings is 1. The van der Waals surface area contributed by atoms with E-state index in [1.54, 1.807) is 0 Å². The van der Waals surface area contributed by atoms with Crippen LogP contribution in [0.15, 0.2) is 24.3 Å². The summed E-state index contributed by atoms with van der Waals surface area (Å²) in [7, 11) is 0. The maximum atomic E-state index is 4.90. The number of aromatic amines is 2. The molecular weight excluding hydrogens is 257 g/mol. The maximum Gasteiger partial charge on any atom is 0.175 e. The zero-order chi connectivity index (χ0) is 6.97. The van der Waals surface area contributed by atoms with Gasteiger partial charge < -0.3 is 9.97 Å². The van der Waals surface area contributed by atoms with Crippen LogP contribution < -0.4 is 0 Å². The summed E-state index contributed by atoms with van der Waals surface area (Å²) < 4.78 is 0.682. The molecule has 0 aliphatic heterocycles. The van der Waals surface area contributed by atoms with E-state index in [4.69, 9.17) is 12.2 Å². The molecule has 52 valence electrons. The van der Waals surface area contributed by atoms with Gasteiger partial charge >= 0.3 is 0 Å². The first-order valence-electron chi connectivity index (χ1n) is 3.03. The maximum absolute atomic E-state index is 4.90. The van der Waals surface area contributed by atoms with Crippen LogP contribution in [-0.2, 0) is 27.3 Å². The van der Waals surface area contributed by atoms with Crippen LogP contribution in [0.5, 0.6) is 0 Å². The molecule has 11 heavy (non-hydrogen) atoms. The molecule has 1 heterocycles. The van der Waals surface area contributed by atoms with Crippen molar-refractivity contribution in [2.24, 2.45) is 0 Å². The van der Waals surface area contributed by atoms with Crippen molar-refractivity contribution in [3.8, 4) is 0 Å². The van der Waals surface area contributed by atoms with Crippen LogP contribution in [0.25, 0.3) is 11.0 Å². The summed E-state index contributed by atoms with van der Waals surface area (Å²) >= 11 is 4.90. The molecule has 0 aliphatic carbocycles. The monoisotopic (exact) mass is 264 g/mol. The average molecular weight is 263 g/mol. The largest absolute Gasteiger partial charge is 0.331 e. The van der Waals surface area contributed by atoms with Gasteiger partial charge in [-0.2, -0.15) is 0 Å². The fourth-order valence-corrected chi connectivity index (χ4v) is 1.20. The SMILES string of the molecule is S=c1[nH]c2ccccc2[nH]1.[Cd]. The van der Waals surface area contributed by atoms with E-state index in [2.05, 4.69) is 9.97 Å². The Kier molecular flexibility index (Phi) is 2.83. The van der Waals surface area contributed by atoms with Gasteiger partial charge in [-0.25, -0.2) is 0 Å². The molecule has 0 saturated carbocycles. The molecule has 0 aliphatic rings. The summed E-state index contributed by atoms with van der Waals surface area (Å²) in [5, 5.41) is 0. The zero-order valence-corrected chi connectivity index (χ0v) is 10.8. The molecule has 0 amide bonds. The van der Waals surface area contributed by atoms with E-state index in [0.29, 0.717) is 4.77 Å². The Morgan fingerprint density at radius 3 is 1.91 bits per heavy atom. The molecule has 1 aromatic heterocycles. The van der Waals surface area contributed by atoms with Crippen LogP contribution >= 0.6 is 12.2 Å².